The van der Waals surface area contributed by atoms with E-state index in [0.29, 0.717) is 5.69 Å². The van der Waals surface area contributed by atoms with Gasteiger partial charge in [0.05, 0.1) is 6.54 Å². The average Bonchev–Trinajstić information content (AvgIpc) is 3.08. The van der Waals surface area contributed by atoms with Crippen LogP contribution in [0.25, 0.3) is 0 Å². The Morgan fingerprint density at radius 3 is 2.74 bits per heavy atom. The molecule has 8 heteroatoms. The second kappa shape index (κ2) is 8.51. The first-order valence-electron chi connectivity index (χ1n) is 9.97. The van der Waals surface area contributed by atoms with Gasteiger partial charge in [0.1, 0.15) is 11.5 Å². The van der Waals surface area contributed by atoms with Crippen LogP contribution in [-0.2, 0) is 17.8 Å². The highest BCUT2D eigenvalue weighted by Crippen LogP contribution is 2.32. The van der Waals surface area contributed by atoms with E-state index in [1.54, 1.807) is 11.0 Å². The van der Waals surface area contributed by atoms with Crippen molar-refractivity contribution in [1.82, 2.24) is 9.78 Å². The molecule has 31 heavy (non-hydrogen) atoms. The molecule has 158 valence electrons. The van der Waals surface area contributed by atoms with Crippen LogP contribution in [0.15, 0.2) is 65.5 Å². The van der Waals surface area contributed by atoms with Crippen molar-refractivity contribution in [3.05, 3.63) is 88.1 Å². The minimum absolute atomic E-state index is 0.00670. The van der Waals surface area contributed by atoms with E-state index >= 15 is 0 Å². The number of nitrogens with one attached hydrogen (secondary N) is 1. The Hall–Kier alpha value is -3.81. The van der Waals surface area contributed by atoms with Gasteiger partial charge in [0.2, 0.25) is 5.91 Å². The van der Waals surface area contributed by atoms with Gasteiger partial charge in [0.25, 0.3) is 11.5 Å². The zero-order valence-electron chi connectivity index (χ0n) is 16.9. The van der Waals surface area contributed by atoms with E-state index in [9.17, 15) is 18.8 Å². The van der Waals surface area contributed by atoms with Crippen LogP contribution >= 0.6 is 0 Å². The Morgan fingerprint density at radius 1 is 1.13 bits per heavy atom. The molecule has 2 aromatic carbocycles. The molecule has 7 nitrogen and oxygen atoms in total. The summed E-state index contributed by atoms with van der Waals surface area (Å²) < 4.78 is 14.3. The summed E-state index contributed by atoms with van der Waals surface area (Å²) in [5.74, 6) is -1.15. The fourth-order valence-electron chi connectivity index (χ4n) is 3.72. The first-order valence-corrected chi connectivity index (χ1v) is 9.97. The van der Waals surface area contributed by atoms with Crippen LogP contribution in [0.2, 0.25) is 0 Å². The number of carbonyl (C=O) groups is 2. The number of anilines is 2. The van der Waals surface area contributed by atoms with Gasteiger partial charge < -0.3 is 10.2 Å². The highest BCUT2D eigenvalue weighted by Gasteiger charge is 2.32. The molecule has 0 aliphatic carbocycles. The third kappa shape index (κ3) is 4.37. The van der Waals surface area contributed by atoms with Crippen LogP contribution in [0.4, 0.5) is 15.8 Å². The number of hydrogen-bond acceptors (Lipinski definition) is 4. The number of aryl methyl sites for hydroxylation is 1. The Kier molecular flexibility index (Phi) is 5.62. The quantitative estimate of drug-likeness (QED) is 0.688. The number of carbonyl (C=O) groups excluding carboxylic acids is 2. The molecule has 0 saturated heterocycles. The van der Waals surface area contributed by atoms with E-state index in [1.807, 2.05) is 31.2 Å². The van der Waals surface area contributed by atoms with Crippen LogP contribution in [0.1, 0.15) is 29.4 Å². The van der Waals surface area contributed by atoms with Crippen molar-refractivity contribution < 1.29 is 14.0 Å². The molecule has 0 unspecified atom stereocenters. The van der Waals surface area contributed by atoms with Gasteiger partial charge in [0.15, 0.2) is 0 Å². The second-order valence-electron chi connectivity index (χ2n) is 7.45. The Morgan fingerprint density at radius 2 is 1.94 bits per heavy atom. The number of benzene rings is 2. The number of halogens is 1. The largest absolute Gasteiger partial charge is 0.326 e. The van der Waals surface area contributed by atoms with Gasteiger partial charge in [-0.25, -0.2) is 9.07 Å². The van der Waals surface area contributed by atoms with Crippen molar-refractivity contribution >= 4 is 23.2 Å². The zero-order valence-corrected chi connectivity index (χ0v) is 16.9. The molecule has 1 aromatic heterocycles. The molecule has 0 bridgehead atoms. The monoisotopic (exact) mass is 420 g/mol. The summed E-state index contributed by atoms with van der Waals surface area (Å²) in [6.07, 6.45) is 0.700. The molecule has 1 N–H and O–H groups in total. The maximum Gasteiger partial charge on any atom is 0.278 e. The smallest absolute Gasteiger partial charge is 0.278 e. The van der Waals surface area contributed by atoms with Crippen LogP contribution in [0.3, 0.4) is 0 Å². The standard InChI is InChI=1S/C23H21FN4O3/c1-15-13-16-5-2-3-8-20(16)28(15)23(31)19-9-10-22(30)27(26-19)12-11-21(29)25-18-7-4-6-17(24)14-18/h2-10,14-15H,11-13H2,1H3,(H,25,29)/t15-/m0/s1. The topological polar surface area (TPSA) is 84.3 Å². The summed E-state index contributed by atoms with van der Waals surface area (Å²) in [7, 11) is 0. The van der Waals surface area contributed by atoms with E-state index in [-0.39, 0.29) is 30.6 Å². The van der Waals surface area contributed by atoms with Gasteiger partial charge >= 0.3 is 0 Å². The highest BCUT2D eigenvalue weighted by molar-refractivity contribution is 6.06. The SMILES string of the molecule is C[C@H]1Cc2ccccc2N1C(=O)c1ccc(=O)n(CCC(=O)Nc2cccc(F)c2)n1. The maximum absolute atomic E-state index is 13.2. The summed E-state index contributed by atoms with van der Waals surface area (Å²) in [4.78, 5) is 39.2. The van der Waals surface area contributed by atoms with E-state index in [0.717, 1.165) is 22.4 Å². The summed E-state index contributed by atoms with van der Waals surface area (Å²) in [6.45, 7) is 1.96. The van der Waals surface area contributed by atoms with Crippen molar-refractivity contribution in [3.63, 3.8) is 0 Å². The van der Waals surface area contributed by atoms with Crippen molar-refractivity contribution in [3.8, 4) is 0 Å². The van der Waals surface area contributed by atoms with E-state index < -0.39 is 17.3 Å². The van der Waals surface area contributed by atoms with Crippen LogP contribution in [-0.4, -0.2) is 27.6 Å². The minimum atomic E-state index is -0.459. The first-order chi connectivity index (χ1) is 14.9. The van der Waals surface area contributed by atoms with Gasteiger partial charge in [-0.1, -0.05) is 24.3 Å². The molecule has 0 fully saturated rings. The average molecular weight is 420 g/mol. The number of fused-ring (bicyclic) bond motifs is 1. The number of aromatic nitrogens is 2. The fraction of sp³-hybridized carbons (Fsp3) is 0.217. The molecule has 0 spiro atoms. The molecule has 0 radical (unpaired) electrons. The minimum Gasteiger partial charge on any atom is -0.326 e. The van der Waals surface area contributed by atoms with Gasteiger partial charge in [-0.15, -0.1) is 0 Å². The summed E-state index contributed by atoms with van der Waals surface area (Å²) in [6, 6.07) is 15.9. The van der Waals surface area contributed by atoms with Gasteiger partial charge in [0, 0.05) is 29.9 Å². The summed E-state index contributed by atoms with van der Waals surface area (Å²) >= 11 is 0. The van der Waals surface area contributed by atoms with Crippen molar-refractivity contribution in [2.75, 3.05) is 10.2 Å². The van der Waals surface area contributed by atoms with Gasteiger partial charge in [-0.05, 0) is 49.2 Å². The molecule has 2 heterocycles. The van der Waals surface area contributed by atoms with Crippen molar-refractivity contribution in [1.29, 1.82) is 0 Å². The number of para-hydroxylation sites is 1. The molecule has 0 saturated carbocycles. The number of rotatable bonds is 5. The van der Waals surface area contributed by atoms with Crippen molar-refractivity contribution in [2.24, 2.45) is 0 Å². The predicted octanol–water partition coefficient (Wildman–Crippen LogP) is 3.00. The third-order valence-electron chi connectivity index (χ3n) is 5.17. The number of hydrogen-bond donors (Lipinski definition) is 1. The number of nitrogens with zero attached hydrogens (tertiary/aromatic N) is 3. The second-order valence-corrected chi connectivity index (χ2v) is 7.45. The lowest BCUT2D eigenvalue weighted by Crippen LogP contribution is -2.37. The fourth-order valence-corrected chi connectivity index (χ4v) is 3.72. The van der Waals surface area contributed by atoms with Crippen LogP contribution in [0.5, 0.6) is 0 Å². The van der Waals surface area contributed by atoms with Gasteiger partial charge in [-0.3, -0.25) is 14.4 Å². The molecule has 4 rings (SSSR count). The van der Waals surface area contributed by atoms with E-state index in [2.05, 4.69) is 10.4 Å². The van der Waals surface area contributed by atoms with E-state index in [4.69, 9.17) is 0 Å². The molecular weight excluding hydrogens is 399 g/mol. The maximum atomic E-state index is 13.2. The molecule has 1 aliphatic rings. The Bertz CT molecular complexity index is 1210. The summed E-state index contributed by atoms with van der Waals surface area (Å²) in [5.41, 5.74) is 1.98. The molecule has 1 aliphatic heterocycles. The first kappa shape index (κ1) is 20.5. The Balaban J connectivity index is 1.48. The lowest BCUT2D eigenvalue weighted by molar-refractivity contribution is -0.116. The highest BCUT2D eigenvalue weighted by atomic mass is 19.1. The van der Waals surface area contributed by atoms with Crippen LogP contribution < -0.4 is 15.8 Å². The number of amides is 2. The van der Waals surface area contributed by atoms with E-state index in [1.165, 1.54) is 30.3 Å². The van der Waals surface area contributed by atoms with Crippen molar-refractivity contribution in [2.45, 2.75) is 32.4 Å². The summed E-state index contributed by atoms with van der Waals surface area (Å²) in [5, 5.41) is 6.76. The third-order valence-corrected chi connectivity index (χ3v) is 5.17. The molecule has 3 aromatic rings. The normalized spacial score (nSPS) is 14.9. The molecular formula is C23H21FN4O3. The lowest BCUT2D eigenvalue weighted by Gasteiger charge is -2.22. The molecule has 1 atom stereocenters. The zero-order chi connectivity index (χ0) is 22.0. The van der Waals surface area contributed by atoms with Gasteiger partial charge in [-0.2, -0.15) is 5.10 Å². The lowest BCUT2D eigenvalue weighted by atomic mass is 10.1. The molecule has 2 amide bonds. The predicted molar refractivity (Wildman–Crippen MR) is 115 cm³/mol. The van der Waals surface area contributed by atoms with Crippen LogP contribution in [0, 0.1) is 5.82 Å². The Labute approximate surface area is 178 Å².